The lowest BCUT2D eigenvalue weighted by Crippen LogP contribution is -2.40. The van der Waals surface area contributed by atoms with Crippen molar-refractivity contribution < 1.29 is 5.11 Å². The van der Waals surface area contributed by atoms with E-state index in [1.165, 1.54) is 45.3 Å². The van der Waals surface area contributed by atoms with Crippen molar-refractivity contribution in [1.29, 1.82) is 0 Å². The molecule has 0 spiro atoms. The number of likely N-dealkylation sites (tertiary alicyclic amines) is 1. The van der Waals surface area contributed by atoms with Crippen LogP contribution in [-0.4, -0.2) is 48.3 Å². The summed E-state index contributed by atoms with van der Waals surface area (Å²) in [7, 11) is 0. The smallest absolute Gasteiger partial charge is 0.0584 e. The molecule has 0 aliphatic carbocycles. The van der Waals surface area contributed by atoms with Gasteiger partial charge in [0.1, 0.15) is 0 Å². The van der Waals surface area contributed by atoms with E-state index in [-0.39, 0.29) is 6.61 Å². The highest BCUT2D eigenvalue weighted by atomic mass is 16.3. The lowest BCUT2D eigenvalue weighted by atomic mass is 10.1. The Kier molecular flexibility index (Phi) is 7.01. The molecule has 96 valence electrons. The second-order valence-corrected chi connectivity index (χ2v) is 4.92. The minimum Gasteiger partial charge on any atom is -0.395 e. The lowest BCUT2D eigenvalue weighted by molar-refractivity contribution is 0.221. The Morgan fingerprint density at radius 1 is 1.31 bits per heavy atom. The molecule has 1 heterocycles. The molecule has 2 N–H and O–H groups in total. The van der Waals surface area contributed by atoms with Gasteiger partial charge in [0.15, 0.2) is 0 Å². The topological polar surface area (TPSA) is 35.5 Å². The van der Waals surface area contributed by atoms with Crippen molar-refractivity contribution in [2.24, 2.45) is 0 Å². The molecule has 3 nitrogen and oxygen atoms in total. The summed E-state index contributed by atoms with van der Waals surface area (Å²) in [6, 6.07) is 0.904. The average Bonchev–Trinajstić information content (AvgIpc) is 2.52. The number of aliphatic hydroxyl groups is 1. The zero-order valence-electron chi connectivity index (χ0n) is 10.9. The summed E-state index contributed by atoms with van der Waals surface area (Å²) < 4.78 is 0. The molecular formula is C13H28N2O. The van der Waals surface area contributed by atoms with Crippen molar-refractivity contribution in [1.82, 2.24) is 10.2 Å². The van der Waals surface area contributed by atoms with Gasteiger partial charge < -0.3 is 15.3 Å². The van der Waals surface area contributed by atoms with Gasteiger partial charge in [-0.2, -0.15) is 0 Å². The number of hydrogen-bond donors (Lipinski definition) is 2. The molecule has 2 atom stereocenters. The van der Waals surface area contributed by atoms with Crippen molar-refractivity contribution in [3.8, 4) is 0 Å². The molecule has 1 aliphatic heterocycles. The number of nitrogens with zero attached hydrogens (tertiary/aromatic N) is 1. The van der Waals surface area contributed by atoms with Gasteiger partial charge in [0.05, 0.1) is 6.61 Å². The molecular weight excluding hydrogens is 200 g/mol. The average molecular weight is 228 g/mol. The maximum absolute atomic E-state index is 9.19. The molecule has 3 heteroatoms. The van der Waals surface area contributed by atoms with E-state index in [9.17, 15) is 5.11 Å². The molecule has 0 aromatic heterocycles. The minimum absolute atomic E-state index is 0.270. The monoisotopic (exact) mass is 228 g/mol. The van der Waals surface area contributed by atoms with Crippen molar-refractivity contribution in [3.63, 3.8) is 0 Å². The Morgan fingerprint density at radius 3 is 2.75 bits per heavy atom. The second-order valence-electron chi connectivity index (χ2n) is 4.92. The van der Waals surface area contributed by atoms with Crippen LogP contribution in [0.2, 0.25) is 0 Å². The van der Waals surface area contributed by atoms with Crippen LogP contribution in [0, 0.1) is 0 Å². The normalized spacial score (nSPS) is 25.3. The van der Waals surface area contributed by atoms with Crippen LogP contribution in [0.3, 0.4) is 0 Å². The first-order chi connectivity index (χ1) is 7.80. The van der Waals surface area contributed by atoms with Crippen LogP contribution in [0.25, 0.3) is 0 Å². The highest BCUT2D eigenvalue weighted by Crippen LogP contribution is 2.12. The molecule has 0 aromatic carbocycles. The number of nitrogens with one attached hydrogen (secondary N) is 1. The van der Waals surface area contributed by atoms with E-state index in [0.717, 1.165) is 6.42 Å². The van der Waals surface area contributed by atoms with Gasteiger partial charge in [0.2, 0.25) is 0 Å². The van der Waals surface area contributed by atoms with Gasteiger partial charge in [0.25, 0.3) is 0 Å². The van der Waals surface area contributed by atoms with Gasteiger partial charge in [-0.05, 0) is 51.7 Å². The van der Waals surface area contributed by atoms with E-state index in [4.69, 9.17) is 0 Å². The largest absolute Gasteiger partial charge is 0.395 e. The summed E-state index contributed by atoms with van der Waals surface area (Å²) in [5.74, 6) is 0. The van der Waals surface area contributed by atoms with Crippen molar-refractivity contribution in [2.45, 2.75) is 58.0 Å². The minimum atomic E-state index is 0.270. The molecule has 1 fully saturated rings. The van der Waals surface area contributed by atoms with E-state index in [0.29, 0.717) is 12.1 Å². The maximum atomic E-state index is 9.19. The fraction of sp³-hybridized carbons (Fsp3) is 1.00. The highest BCUT2D eigenvalue weighted by molar-refractivity contribution is 4.78. The number of hydrogen-bond acceptors (Lipinski definition) is 3. The molecule has 16 heavy (non-hydrogen) atoms. The predicted octanol–water partition coefficient (Wildman–Crippen LogP) is 1.61. The summed E-state index contributed by atoms with van der Waals surface area (Å²) >= 11 is 0. The number of rotatable bonds is 6. The standard InChI is InChI=1S/C13H28N2O/c1-3-8-15-9-5-6-13(7-10-15)14-12(4-2)11-16/h12-14,16H,3-11H2,1-2H3/t12-,13?/m1/s1. The van der Waals surface area contributed by atoms with Gasteiger partial charge in [-0.15, -0.1) is 0 Å². The first kappa shape index (κ1) is 13.9. The zero-order chi connectivity index (χ0) is 11.8. The summed E-state index contributed by atoms with van der Waals surface area (Å²) in [5.41, 5.74) is 0. The van der Waals surface area contributed by atoms with Crippen LogP contribution >= 0.6 is 0 Å². The van der Waals surface area contributed by atoms with Crippen LogP contribution in [0.1, 0.15) is 46.0 Å². The Balaban J connectivity index is 2.29. The van der Waals surface area contributed by atoms with E-state index in [2.05, 4.69) is 24.1 Å². The van der Waals surface area contributed by atoms with Gasteiger partial charge in [-0.3, -0.25) is 0 Å². The maximum Gasteiger partial charge on any atom is 0.0584 e. The quantitative estimate of drug-likeness (QED) is 0.725. The Hall–Kier alpha value is -0.120. The molecule has 1 saturated heterocycles. The molecule has 0 radical (unpaired) electrons. The van der Waals surface area contributed by atoms with Gasteiger partial charge in [0, 0.05) is 12.1 Å². The van der Waals surface area contributed by atoms with Crippen LogP contribution < -0.4 is 5.32 Å². The van der Waals surface area contributed by atoms with E-state index < -0.39 is 0 Å². The molecule has 0 aromatic rings. The summed E-state index contributed by atoms with van der Waals surface area (Å²) in [6.45, 7) is 8.36. The third-order valence-electron chi connectivity index (χ3n) is 3.55. The Bertz CT molecular complexity index is 171. The van der Waals surface area contributed by atoms with E-state index in [1.54, 1.807) is 0 Å². The summed E-state index contributed by atoms with van der Waals surface area (Å²) in [4.78, 5) is 2.57. The predicted molar refractivity (Wildman–Crippen MR) is 68.7 cm³/mol. The van der Waals surface area contributed by atoms with Crippen LogP contribution in [-0.2, 0) is 0 Å². The summed E-state index contributed by atoms with van der Waals surface area (Å²) in [6.07, 6.45) is 6.06. The molecule has 0 amide bonds. The van der Waals surface area contributed by atoms with E-state index in [1.807, 2.05) is 0 Å². The fourth-order valence-corrected chi connectivity index (χ4v) is 2.50. The zero-order valence-corrected chi connectivity index (χ0v) is 10.9. The van der Waals surface area contributed by atoms with Crippen LogP contribution in [0.4, 0.5) is 0 Å². The molecule has 0 bridgehead atoms. The van der Waals surface area contributed by atoms with Crippen LogP contribution in [0.15, 0.2) is 0 Å². The molecule has 1 unspecified atom stereocenters. The second kappa shape index (κ2) is 8.04. The molecule has 0 saturated carbocycles. The van der Waals surface area contributed by atoms with Gasteiger partial charge in [-0.25, -0.2) is 0 Å². The fourth-order valence-electron chi connectivity index (χ4n) is 2.50. The summed E-state index contributed by atoms with van der Waals surface area (Å²) in [5, 5.41) is 12.8. The van der Waals surface area contributed by atoms with Gasteiger partial charge >= 0.3 is 0 Å². The third-order valence-corrected chi connectivity index (χ3v) is 3.55. The molecule has 1 rings (SSSR count). The van der Waals surface area contributed by atoms with E-state index >= 15 is 0 Å². The first-order valence-electron chi connectivity index (χ1n) is 6.89. The Labute approximate surface area is 100 Å². The van der Waals surface area contributed by atoms with Crippen molar-refractivity contribution >= 4 is 0 Å². The van der Waals surface area contributed by atoms with Crippen molar-refractivity contribution in [3.05, 3.63) is 0 Å². The molecule has 1 aliphatic rings. The third kappa shape index (κ3) is 4.81. The SMILES string of the molecule is CCCN1CCCC(N[C@H](CC)CO)CC1. The van der Waals surface area contributed by atoms with Gasteiger partial charge in [-0.1, -0.05) is 13.8 Å². The van der Waals surface area contributed by atoms with Crippen LogP contribution in [0.5, 0.6) is 0 Å². The Morgan fingerprint density at radius 2 is 2.12 bits per heavy atom. The van der Waals surface area contributed by atoms with Crippen molar-refractivity contribution in [2.75, 3.05) is 26.2 Å². The number of aliphatic hydroxyl groups excluding tert-OH is 1. The highest BCUT2D eigenvalue weighted by Gasteiger charge is 2.18. The first-order valence-corrected chi connectivity index (χ1v) is 6.89. The lowest BCUT2D eigenvalue weighted by Gasteiger charge is -2.23.